The number of rotatable bonds is 1. The highest BCUT2D eigenvalue weighted by atomic mass is 15.0. The van der Waals surface area contributed by atoms with Gasteiger partial charge in [0, 0.05) is 54.7 Å². The quantitative estimate of drug-likeness (QED) is 0.120. The fraction of sp³-hybridized carbons (Fsp3) is 0. The molecule has 0 atom stereocenters. The van der Waals surface area contributed by atoms with Crippen LogP contribution in [-0.2, 0) is 0 Å². The molecular formula is C52H28B2N2. The van der Waals surface area contributed by atoms with Gasteiger partial charge >= 0.3 is 0 Å². The van der Waals surface area contributed by atoms with Crippen molar-refractivity contribution in [1.82, 2.24) is 9.13 Å². The zero-order valence-electron chi connectivity index (χ0n) is 30.2. The predicted octanol–water partition coefficient (Wildman–Crippen LogP) is 8.42. The van der Waals surface area contributed by atoms with Gasteiger partial charge in [0.15, 0.2) is 0 Å². The van der Waals surface area contributed by atoms with E-state index >= 15 is 0 Å². The zero-order chi connectivity index (χ0) is 36.0. The first-order valence-corrected chi connectivity index (χ1v) is 19.8. The Balaban J connectivity index is 1.14. The molecule has 15 rings (SSSR count). The second-order valence-corrected chi connectivity index (χ2v) is 16.3. The molecule has 0 saturated heterocycles. The Bertz CT molecular complexity index is 3700. The standard InChI is InChI=1S/C52H28B2N2/c1-2-11-31(12-3-1)53-41-18-10-16-36-33-14-5-8-19-44(33)55(49(36)41)50-38-23-22-30-28-43-51(39-24-21-29(27-42(50)53)46(38)47(30)39)56-45-20-9-6-15-34(45)37-26-25-35-32-13-4-7-17-40(32)54(43)48(35)52(37)56/h1-28H. The zero-order valence-corrected chi connectivity index (χ0v) is 30.2. The number of aromatic nitrogens is 2. The molecule has 0 spiro atoms. The molecule has 0 saturated carbocycles. The molecule has 12 aromatic rings. The van der Waals surface area contributed by atoms with Crippen LogP contribution in [0.3, 0.4) is 0 Å². The summed E-state index contributed by atoms with van der Waals surface area (Å²) in [6, 6.07) is 64.8. The van der Waals surface area contributed by atoms with Crippen molar-refractivity contribution in [2.75, 3.05) is 0 Å². The summed E-state index contributed by atoms with van der Waals surface area (Å²) in [6.07, 6.45) is 0. The first kappa shape index (κ1) is 28.4. The van der Waals surface area contributed by atoms with Crippen LogP contribution in [0.15, 0.2) is 170 Å². The minimum absolute atomic E-state index is 0.119. The molecule has 2 aromatic heterocycles. The minimum Gasteiger partial charge on any atom is -0.310 e. The van der Waals surface area contributed by atoms with Gasteiger partial charge in [0.05, 0.1) is 11.0 Å². The van der Waals surface area contributed by atoms with Crippen LogP contribution in [0.1, 0.15) is 0 Å². The number of benzene rings is 10. The van der Waals surface area contributed by atoms with Gasteiger partial charge in [-0.1, -0.05) is 169 Å². The largest absolute Gasteiger partial charge is 0.310 e. The van der Waals surface area contributed by atoms with Crippen LogP contribution < -0.4 is 32.8 Å². The maximum Gasteiger partial charge on any atom is 0.248 e. The first-order valence-electron chi connectivity index (χ1n) is 19.8. The maximum atomic E-state index is 2.63. The Morgan fingerprint density at radius 1 is 0.339 bits per heavy atom. The van der Waals surface area contributed by atoms with Gasteiger partial charge in [-0.3, -0.25) is 0 Å². The Morgan fingerprint density at radius 2 is 0.893 bits per heavy atom. The lowest BCUT2D eigenvalue weighted by molar-refractivity contribution is 1.21. The molecule has 252 valence electrons. The van der Waals surface area contributed by atoms with Gasteiger partial charge in [0.2, 0.25) is 13.4 Å². The molecule has 3 aliphatic rings. The van der Waals surface area contributed by atoms with Crippen LogP contribution in [0, 0.1) is 0 Å². The summed E-state index contributed by atoms with van der Waals surface area (Å²) in [7, 11) is 0. The number of hydrogen-bond donors (Lipinski definition) is 0. The minimum atomic E-state index is 0.119. The molecule has 10 aromatic carbocycles. The van der Waals surface area contributed by atoms with Crippen molar-refractivity contribution in [2.24, 2.45) is 0 Å². The van der Waals surface area contributed by atoms with Gasteiger partial charge in [-0.25, -0.2) is 0 Å². The van der Waals surface area contributed by atoms with Crippen LogP contribution in [-0.4, -0.2) is 22.6 Å². The fourth-order valence-corrected chi connectivity index (χ4v) is 11.9. The van der Waals surface area contributed by atoms with E-state index in [1.54, 1.807) is 0 Å². The molecule has 0 N–H and O–H groups in total. The Morgan fingerprint density at radius 3 is 1.62 bits per heavy atom. The van der Waals surface area contributed by atoms with E-state index in [1.807, 2.05) is 0 Å². The van der Waals surface area contributed by atoms with Crippen molar-refractivity contribution in [3.8, 4) is 22.5 Å². The Labute approximate surface area is 322 Å². The van der Waals surface area contributed by atoms with Crippen molar-refractivity contribution in [3.05, 3.63) is 170 Å². The fourth-order valence-electron chi connectivity index (χ4n) is 11.9. The molecule has 0 unspecified atom stereocenters. The topological polar surface area (TPSA) is 9.86 Å². The molecule has 0 aliphatic carbocycles. The normalized spacial score (nSPS) is 13.6. The SMILES string of the molecule is c1ccc(B2c3cc4ccc5c6c(cc7ccc(c3-n3c8ccccc8c8cccc2c83)c4c75)B2c3ccccc3-c3ccc4c5ccccc5n-6c4c32)cc1. The molecule has 4 heteroatoms. The first-order chi connectivity index (χ1) is 27.8. The van der Waals surface area contributed by atoms with Crippen molar-refractivity contribution >= 4 is 122 Å². The summed E-state index contributed by atoms with van der Waals surface area (Å²) < 4.78 is 5.24. The van der Waals surface area contributed by atoms with E-state index in [4.69, 9.17) is 0 Å². The number of para-hydroxylation sites is 3. The highest BCUT2D eigenvalue weighted by Gasteiger charge is 2.42. The average Bonchev–Trinajstić information content (AvgIpc) is 3.90. The summed E-state index contributed by atoms with van der Waals surface area (Å²) in [6.45, 7) is 0.308. The summed E-state index contributed by atoms with van der Waals surface area (Å²) in [5, 5.41) is 13.3. The van der Waals surface area contributed by atoms with Gasteiger partial charge in [0.1, 0.15) is 0 Å². The van der Waals surface area contributed by atoms with E-state index < -0.39 is 0 Å². The lowest BCUT2D eigenvalue weighted by atomic mass is 9.35. The van der Waals surface area contributed by atoms with Crippen LogP contribution in [0.4, 0.5) is 0 Å². The van der Waals surface area contributed by atoms with Crippen LogP contribution in [0.2, 0.25) is 0 Å². The summed E-state index contributed by atoms with van der Waals surface area (Å²) in [5.41, 5.74) is 19.0. The van der Waals surface area contributed by atoms with E-state index in [2.05, 4.69) is 179 Å². The Kier molecular flexibility index (Phi) is 4.87. The molecular weight excluding hydrogens is 674 g/mol. The monoisotopic (exact) mass is 702 g/mol. The second kappa shape index (κ2) is 9.60. The number of fused-ring (bicyclic) bond motifs is 16. The summed E-state index contributed by atoms with van der Waals surface area (Å²) in [4.78, 5) is 0. The van der Waals surface area contributed by atoms with Gasteiger partial charge in [-0.15, -0.1) is 0 Å². The molecule has 0 fully saturated rings. The van der Waals surface area contributed by atoms with Crippen molar-refractivity contribution in [1.29, 1.82) is 0 Å². The third-order valence-corrected chi connectivity index (χ3v) is 13.9. The van der Waals surface area contributed by atoms with Gasteiger partial charge in [0.25, 0.3) is 0 Å². The Hall–Kier alpha value is -7.03. The van der Waals surface area contributed by atoms with Crippen molar-refractivity contribution < 1.29 is 0 Å². The third-order valence-electron chi connectivity index (χ3n) is 13.9. The maximum absolute atomic E-state index is 2.63. The highest BCUT2D eigenvalue weighted by molar-refractivity contribution is 7.02. The van der Waals surface area contributed by atoms with Crippen molar-refractivity contribution in [3.63, 3.8) is 0 Å². The van der Waals surface area contributed by atoms with E-state index in [-0.39, 0.29) is 13.4 Å². The number of hydrogen-bond acceptors (Lipinski definition) is 0. The molecule has 5 heterocycles. The van der Waals surface area contributed by atoms with E-state index in [9.17, 15) is 0 Å². The van der Waals surface area contributed by atoms with Crippen LogP contribution in [0.5, 0.6) is 0 Å². The van der Waals surface area contributed by atoms with Gasteiger partial charge < -0.3 is 9.13 Å². The van der Waals surface area contributed by atoms with Crippen LogP contribution >= 0.6 is 0 Å². The van der Waals surface area contributed by atoms with Crippen LogP contribution in [0.25, 0.3) is 98.4 Å². The van der Waals surface area contributed by atoms with Crippen molar-refractivity contribution in [2.45, 2.75) is 0 Å². The molecule has 2 nitrogen and oxygen atoms in total. The molecule has 0 bridgehead atoms. The van der Waals surface area contributed by atoms with E-state index in [0.29, 0.717) is 0 Å². The number of nitrogens with zero attached hydrogens (tertiary/aromatic N) is 2. The van der Waals surface area contributed by atoms with Gasteiger partial charge in [-0.2, -0.15) is 0 Å². The highest BCUT2D eigenvalue weighted by Crippen LogP contribution is 2.45. The smallest absolute Gasteiger partial charge is 0.248 e. The average molecular weight is 702 g/mol. The molecule has 0 radical (unpaired) electrons. The molecule has 56 heavy (non-hydrogen) atoms. The lowest BCUT2D eigenvalue weighted by Gasteiger charge is -2.30. The summed E-state index contributed by atoms with van der Waals surface area (Å²) >= 11 is 0. The molecule has 0 amide bonds. The second-order valence-electron chi connectivity index (χ2n) is 16.3. The van der Waals surface area contributed by atoms with E-state index in [0.717, 1.165) is 0 Å². The predicted molar refractivity (Wildman–Crippen MR) is 240 cm³/mol. The van der Waals surface area contributed by atoms with Gasteiger partial charge in [-0.05, 0) is 66.7 Å². The van der Waals surface area contributed by atoms with E-state index in [1.165, 1.54) is 131 Å². The third kappa shape index (κ3) is 3.10. The lowest BCUT2D eigenvalue weighted by Crippen LogP contribution is -2.56. The molecule has 3 aliphatic heterocycles. The summed E-state index contributed by atoms with van der Waals surface area (Å²) in [5.74, 6) is 0.